The van der Waals surface area contributed by atoms with Gasteiger partial charge in [0.1, 0.15) is 11.8 Å². The molecule has 7 nitrogen and oxygen atoms in total. The molecule has 202 valence electrons. The Morgan fingerprint density at radius 1 is 1.21 bits per heavy atom. The van der Waals surface area contributed by atoms with Crippen molar-refractivity contribution in [2.45, 2.75) is 36.7 Å². The van der Waals surface area contributed by atoms with Gasteiger partial charge < -0.3 is 19.5 Å². The molecular weight excluding hydrogens is 528 g/mol. The lowest BCUT2D eigenvalue weighted by molar-refractivity contribution is 0.301. The van der Waals surface area contributed by atoms with E-state index in [1.807, 2.05) is 48.1 Å². The number of fused-ring (bicyclic) bond motifs is 1. The van der Waals surface area contributed by atoms with Gasteiger partial charge in [0.05, 0.1) is 28.9 Å². The highest BCUT2D eigenvalue weighted by atomic mass is 35.5. The topological polar surface area (TPSA) is 79.0 Å². The van der Waals surface area contributed by atoms with E-state index in [4.69, 9.17) is 16.3 Å². The summed E-state index contributed by atoms with van der Waals surface area (Å²) in [6.07, 6.45) is 11.6. The van der Waals surface area contributed by atoms with Gasteiger partial charge in [-0.1, -0.05) is 49.4 Å². The molecule has 0 bridgehead atoms. The van der Waals surface area contributed by atoms with Gasteiger partial charge in [-0.15, -0.1) is 0 Å². The maximum absolute atomic E-state index is 9.83. The standard InChI is InChI=1S/C30H33ClN6OS/c1-5-37(6-2)14-9-7-8-10-21-16-26-24(18-27(21)38-4)29(22(19-32)20-34-26)35-23-11-12-28(25(31)17-23)39-30-33-13-15-36(30)3/h8,10-13,15-18,20H,5-7,9,14H2,1-4H3,(H,34,35)/b10-8+. The molecule has 0 atom stereocenters. The van der Waals surface area contributed by atoms with Gasteiger partial charge in [0.15, 0.2) is 5.16 Å². The van der Waals surface area contributed by atoms with Crippen molar-refractivity contribution < 1.29 is 4.74 Å². The Labute approximate surface area is 239 Å². The maximum atomic E-state index is 9.83. The summed E-state index contributed by atoms with van der Waals surface area (Å²) in [5, 5.41) is 15.5. The summed E-state index contributed by atoms with van der Waals surface area (Å²) in [7, 11) is 3.60. The molecule has 0 spiro atoms. The Bertz CT molecular complexity index is 1510. The summed E-state index contributed by atoms with van der Waals surface area (Å²) >= 11 is 8.12. The van der Waals surface area contributed by atoms with Gasteiger partial charge in [-0.2, -0.15) is 5.26 Å². The predicted octanol–water partition coefficient (Wildman–Crippen LogP) is 7.53. The quantitative estimate of drug-likeness (QED) is 0.179. The lowest BCUT2D eigenvalue weighted by Gasteiger charge is -2.16. The first kappa shape index (κ1) is 28.5. The molecule has 0 aliphatic rings. The van der Waals surface area contributed by atoms with Crippen LogP contribution in [0.2, 0.25) is 5.02 Å². The number of halogens is 1. The normalized spacial score (nSPS) is 11.4. The molecule has 39 heavy (non-hydrogen) atoms. The average Bonchev–Trinajstić information content (AvgIpc) is 3.35. The molecule has 2 heterocycles. The molecule has 0 fully saturated rings. The Balaban J connectivity index is 1.59. The number of hydrogen-bond acceptors (Lipinski definition) is 7. The largest absolute Gasteiger partial charge is 0.496 e. The van der Waals surface area contributed by atoms with Gasteiger partial charge in [-0.3, -0.25) is 4.98 Å². The molecule has 0 unspecified atom stereocenters. The first-order valence-electron chi connectivity index (χ1n) is 13.0. The second kappa shape index (κ2) is 13.5. The monoisotopic (exact) mass is 560 g/mol. The summed E-state index contributed by atoms with van der Waals surface area (Å²) in [5.74, 6) is 0.724. The second-order valence-corrected chi connectivity index (χ2v) is 10.5. The molecule has 0 saturated carbocycles. The first-order chi connectivity index (χ1) is 19.0. The number of unbranched alkanes of at least 4 members (excludes halogenated alkanes) is 1. The van der Waals surface area contributed by atoms with Crippen molar-refractivity contribution in [3.05, 3.63) is 71.1 Å². The fraction of sp³-hybridized carbons (Fsp3) is 0.300. The fourth-order valence-electron chi connectivity index (χ4n) is 4.30. The van der Waals surface area contributed by atoms with Crippen LogP contribution in [0, 0.1) is 11.3 Å². The third-order valence-electron chi connectivity index (χ3n) is 6.56. The highest BCUT2D eigenvalue weighted by Crippen LogP contribution is 2.37. The van der Waals surface area contributed by atoms with Crippen molar-refractivity contribution in [2.75, 3.05) is 32.1 Å². The zero-order valence-corrected chi connectivity index (χ0v) is 24.3. The lowest BCUT2D eigenvalue weighted by atomic mass is 10.0. The average molecular weight is 561 g/mol. The van der Waals surface area contributed by atoms with Crippen molar-refractivity contribution in [3.8, 4) is 11.8 Å². The van der Waals surface area contributed by atoms with E-state index in [1.54, 1.807) is 19.5 Å². The second-order valence-electron chi connectivity index (χ2n) is 9.03. The zero-order valence-electron chi connectivity index (χ0n) is 22.7. The van der Waals surface area contributed by atoms with E-state index in [1.165, 1.54) is 11.8 Å². The van der Waals surface area contributed by atoms with Crippen LogP contribution >= 0.6 is 23.4 Å². The maximum Gasteiger partial charge on any atom is 0.172 e. The number of nitrogens with zero attached hydrogens (tertiary/aromatic N) is 5. The number of nitrogens with one attached hydrogen (secondary N) is 1. The number of rotatable bonds is 12. The molecule has 9 heteroatoms. The Morgan fingerprint density at radius 3 is 2.69 bits per heavy atom. The minimum atomic E-state index is 0.437. The molecular formula is C30H33ClN6OS. The SMILES string of the molecule is CCN(CC)CCC/C=C/c1cc2ncc(C#N)c(Nc3ccc(Sc4nccn4C)c(Cl)c3)c2cc1OC. The molecule has 4 aromatic rings. The van der Waals surface area contributed by atoms with Crippen molar-refractivity contribution in [3.63, 3.8) is 0 Å². The predicted molar refractivity (Wildman–Crippen MR) is 161 cm³/mol. The van der Waals surface area contributed by atoms with E-state index in [0.717, 1.165) is 70.4 Å². The van der Waals surface area contributed by atoms with Crippen molar-refractivity contribution in [1.29, 1.82) is 5.26 Å². The van der Waals surface area contributed by atoms with Gasteiger partial charge in [0.2, 0.25) is 0 Å². The number of allylic oxidation sites excluding steroid dienone is 1. The van der Waals surface area contributed by atoms with E-state index in [-0.39, 0.29) is 0 Å². The van der Waals surface area contributed by atoms with Crippen LogP contribution in [0.1, 0.15) is 37.8 Å². The number of hydrogen-bond donors (Lipinski definition) is 1. The van der Waals surface area contributed by atoms with E-state index < -0.39 is 0 Å². The van der Waals surface area contributed by atoms with Gasteiger partial charge in [-0.05, 0) is 62.8 Å². The zero-order chi connectivity index (χ0) is 27.8. The Morgan fingerprint density at radius 2 is 2.03 bits per heavy atom. The minimum absolute atomic E-state index is 0.437. The number of imidazole rings is 1. The lowest BCUT2D eigenvalue weighted by Crippen LogP contribution is -2.23. The fourth-order valence-corrected chi connectivity index (χ4v) is 5.40. The first-order valence-corrected chi connectivity index (χ1v) is 14.2. The molecule has 1 N–H and O–H groups in total. The summed E-state index contributed by atoms with van der Waals surface area (Å²) in [6, 6.07) is 11.9. The number of ether oxygens (including phenoxy) is 1. The number of benzene rings is 2. The molecule has 2 aromatic heterocycles. The van der Waals surface area contributed by atoms with E-state index in [0.29, 0.717) is 16.3 Å². The van der Waals surface area contributed by atoms with Gasteiger partial charge in [-0.25, -0.2) is 4.98 Å². The highest BCUT2D eigenvalue weighted by Gasteiger charge is 2.14. The van der Waals surface area contributed by atoms with Crippen LogP contribution in [-0.4, -0.2) is 46.2 Å². The van der Waals surface area contributed by atoms with Gasteiger partial charge in [0, 0.05) is 47.2 Å². The van der Waals surface area contributed by atoms with E-state index in [9.17, 15) is 5.26 Å². The number of aromatic nitrogens is 3. The van der Waals surface area contributed by atoms with E-state index in [2.05, 4.69) is 52.3 Å². The number of nitriles is 1. The summed E-state index contributed by atoms with van der Waals surface area (Å²) < 4.78 is 7.67. The third kappa shape index (κ3) is 6.93. The summed E-state index contributed by atoms with van der Waals surface area (Å²) in [4.78, 5) is 12.2. The Kier molecular flexibility index (Phi) is 9.88. The van der Waals surface area contributed by atoms with Crippen LogP contribution in [-0.2, 0) is 7.05 Å². The highest BCUT2D eigenvalue weighted by molar-refractivity contribution is 7.99. The third-order valence-corrected chi connectivity index (χ3v) is 8.13. The van der Waals surface area contributed by atoms with Gasteiger partial charge in [0.25, 0.3) is 0 Å². The molecule has 0 radical (unpaired) electrons. The summed E-state index contributed by atoms with van der Waals surface area (Å²) in [5.41, 5.74) is 3.59. The molecule has 0 aliphatic carbocycles. The number of anilines is 2. The molecule has 4 rings (SSSR count). The molecule has 0 amide bonds. The number of aryl methyl sites for hydroxylation is 1. The number of methoxy groups -OCH3 is 1. The minimum Gasteiger partial charge on any atom is -0.496 e. The van der Waals surface area contributed by atoms with Crippen LogP contribution in [0.3, 0.4) is 0 Å². The van der Waals surface area contributed by atoms with Crippen molar-refractivity contribution in [2.24, 2.45) is 7.05 Å². The van der Waals surface area contributed by atoms with E-state index >= 15 is 0 Å². The van der Waals surface area contributed by atoms with Crippen LogP contribution in [0.5, 0.6) is 5.75 Å². The van der Waals surface area contributed by atoms with Crippen LogP contribution in [0.4, 0.5) is 11.4 Å². The summed E-state index contributed by atoms with van der Waals surface area (Å²) in [6.45, 7) is 7.63. The van der Waals surface area contributed by atoms with Gasteiger partial charge >= 0.3 is 0 Å². The van der Waals surface area contributed by atoms with Crippen LogP contribution in [0.15, 0.2) is 65.1 Å². The smallest absolute Gasteiger partial charge is 0.172 e. The number of pyridine rings is 1. The van der Waals surface area contributed by atoms with Crippen molar-refractivity contribution in [1.82, 2.24) is 19.4 Å². The van der Waals surface area contributed by atoms with Crippen molar-refractivity contribution >= 4 is 51.7 Å². The van der Waals surface area contributed by atoms with Crippen LogP contribution in [0.25, 0.3) is 17.0 Å². The molecule has 0 saturated heterocycles. The Hall–Kier alpha value is -3.51. The molecule has 2 aromatic carbocycles. The van der Waals surface area contributed by atoms with Crippen LogP contribution < -0.4 is 10.1 Å². The molecule has 0 aliphatic heterocycles.